The molecule has 3 aromatic carbocycles. The molecule has 1 aliphatic heterocycles. The van der Waals surface area contributed by atoms with Gasteiger partial charge in [0.25, 0.3) is 5.91 Å². The third kappa shape index (κ3) is 6.75. The lowest BCUT2D eigenvalue weighted by atomic mass is 9.97. The third-order valence-electron chi connectivity index (χ3n) is 6.87. The Morgan fingerprint density at radius 2 is 1.75 bits per heavy atom. The van der Waals surface area contributed by atoms with Crippen molar-refractivity contribution in [1.82, 2.24) is 4.90 Å². The summed E-state index contributed by atoms with van der Waals surface area (Å²) in [4.78, 5) is 26.5. The predicted molar refractivity (Wildman–Crippen MR) is 154 cm³/mol. The van der Waals surface area contributed by atoms with Gasteiger partial charge in [0.1, 0.15) is 5.82 Å². The number of halogens is 1. The van der Waals surface area contributed by atoms with E-state index in [1.165, 1.54) is 30.3 Å². The number of nitrogens with zero attached hydrogens (tertiary/aromatic N) is 1. The lowest BCUT2D eigenvalue weighted by Crippen LogP contribution is -2.29. The van der Waals surface area contributed by atoms with Gasteiger partial charge in [-0.05, 0) is 79.2 Å². The Morgan fingerprint density at radius 1 is 1.02 bits per heavy atom. The number of hydrogen-bond donors (Lipinski definition) is 3. The van der Waals surface area contributed by atoms with Crippen LogP contribution in [0.15, 0.2) is 71.6 Å². The molecule has 0 saturated carbocycles. The molecule has 4 rings (SSSR count). The number of carboxylic acid groups (broad SMARTS) is 1. The Morgan fingerprint density at radius 3 is 2.42 bits per heavy atom. The highest BCUT2D eigenvalue weighted by Gasteiger charge is 2.29. The number of fused-ring (bicyclic) bond motifs is 1. The molecule has 1 aliphatic rings. The average Bonchev–Trinajstić information content (AvgIpc) is 3.25. The van der Waals surface area contributed by atoms with Crippen molar-refractivity contribution >= 4 is 44.4 Å². The van der Waals surface area contributed by atoms with Crippen molar-refractivity contribution in [2.75, 3.05) is 36.0 Å². The largest absolute Gasteiger partial charge is 0.481 e. The fourth-order valence-corrected chi connectivity index (χ4v) is 5.89. The lowest BCUT2D eigenvalue weighted by Gasteiger charge is -2.18. The first kappa shape index (κ1) is 29.0. The van der Waals surface area contributed by atoms with Crippen molar-refractivity contribution in [1.29, 1.82) is 0 Å². The predicted octanol–water partition coefficient (Wildman–Crippen LogP) is 4.89. The number of aryl methyl sites for hydroxylation is 1. The second kappa shape index (κ2) is 12.4. The summed E-state index contributed by atoms with van der Waals surface area (Å²) in [7, 11) is -3.49. The Kier molecular flexibility index (Phi) is 9.01. The van der Waals surface area contributed by atoms with Gasteiger partial charge in [-0.1, -0.05) is 32.0 Å². The molecule has 1 amide bonds. The maximum atomic E-state index is 13.9. The molecular weight excluding hydrogens is 533 g/mol. The zero-order valence-electron chi connectivity index (χ0n) is 22.4. The van der Waals surface area contributed by atoms with Gasteiger partial charge in [0.15, 0.2) is 9.84 Å². The van der Waals surface area contributed by atoms with Gasteiger partial charge in [-0.2, -0.15) is 0 Å². The number of benzene rings is 3. The molecule has 3 N–H and O–H groups in total. The van der Waals surface area contributed by atoms with Crippen LogP contribution in [0.1, 0.15) is 37.0 Å². The molecule has 1 heterocycles. The number of sulfone groups is 1. The number of carboxylic acids is 1. The minimum Gasteiger partial charge on any atom is -0.481 e. The van der Waals surface area contributed by atoms with Crippen LogP contribution in [0.5, 0.6) is 0 Å². The van der Waals surface area contributed by atoms with Crippen molar-refractivity contribution in [3.05, 3.63) is 89.2 Å². The molecule has 3 aromatic rings. The molecule has 0 saturated heterocycles. The van der Waals surface area contributed by atoms with Gasteiger partial charge in [0.2, 0.25) is 0 Å². The van der Waals surface area contributed by atoms with Crippen molar-refractivity contribution in [2.45, 2.75) is 31.6 Å². The number of rotatable bonds is 12. The van der Waals surface area contributed by atoms with Gasteiger partial charge in [0.05, 0.1) is 27.6 Å². The summed E-state index contributed by atoms with van der Waals surface area (Å²) < 4.78 is 39.7. The van der Waals surface area contributed by atoms with Crippen LogP contribution in [0.3, 0.4) is 0 Å². The smallest absolute Gasteiger partial charge is 0.303 e. The maximum absolute atomic E-state index is 13.9. The molecular formula is C30H32FN3O5S. The van der Waals surface area contributed by atoms with Crippen LogP contribution in [0.25, 0.3) is 11.3 Å². The molecule has 0 spiro atoms. The van der Waals surface area contributed by atoms with Crippen LogP contribution in [0.2, 0.25) is 0 Å². The first-order chi connectivity index (χ1) is 19.1. The molecule has 10 heteroatoms. The fourth-order valence-electron chi connectivity index (χ4n) is 4.60. The molecule has 0 aliphatic carbocycles. The standard InChI is InChI=1S/C30H32FN3O5S/c1-3-34(4-2)16-17-40(38,39)24-12-10-23(11-13-24)32-29(21-7-5-6-20(18-21)8-15-27(35)36)28-25-14-9-22(31)19-26(25)33-30(28)37/h5-7,9-14,18-19,32H,3-4,8,15-17H2,1-2H3,(H,33,37)(H,35,36). The normalized spacial score (nSPS) is 14.2. The van der Waals surface area contributed by atoms with Gasteiger partial charge in [-0.25, -0.2) is 12.8 Å². The second-order valence-corrected chi connectivity index (χ2v) is 11.6. The molecule has 0 aromatic heterocycles. The van der Waals surface area contributed by atoms with Crippen molar-refractivity contribution in [2.24, 2.45) is 0 Å². The SMILES string of the molecule is CCN(CC)CCS(=O)(=O)c1ccc(NC(=C2C(=O)Nc3cc(F)ccc32)c2cccc(CCC(=O)O)c2)cc1. The monoisotopic (exact) mass is 565 g/mol. The average molecular weight is 566 g/mol. The number of carbonyl (C=O) groups is 2. The number of carbonyl (C=O) groups excluding carboxylic acids is 1. The topological polar surface area (TPSA) is 116 Å². The molecule has 40 heavy (non-hydrogen) atoms. The Hall–Kier alpha value is -4.02. The van der Waals surface area contributed by atoms with Gasteiger partial charge in [0, 0.05) is 24.2 Å². The van der Waals surface area contributed by atoms with E-state index in [1.807, 2.05) is 24.8 Å². The van der Waals surface area contributed by atoms with Crippen LogP contribution in [0.4, 0.5) is 15.8 Å². The van der Waals surface area contributed by atoms with Crippen LogP contribution in [-0.4, -0.2) is 55.7 Å². The Balaban J connectivity index is 1.71. The number of nitrogens with one attached hydrogen (secondary N) is 2. The van der Waals surface area contributed by atoms with Gasteiger partial charge in [-0.3, -0.25) is 9.59 Å². The third-order valence-corrected chi connectivity index (χ3v) is 8.58. The van der Waals surface area contributed by atoms with Crippen LogP contribution in [-0.2, 0) is 25.8 Å². The van der Waals surface area contributed by atoms with E-state index in [0.717, 1.165) is 18.7 Å². The second-order valence-electron chi connectivity index (χ2n) is 9.48. The van der Waals surface area contributed by atoms with E-state index < -0.39 is 27.5 Å². The van der Waals surface area contributed by atoms with Crippen molar-refractivity contribution < 1.29 is 27.5 Å². The summed E-state index contributed by atoms with van der Waals surface area (Å²) in [6.45, 7) is 5.97. The van der Waals surface area contributed by atoms with E-state index in [1.54, 1.807) is 30.3 Å². The van der Waals surface area contributed by atoms with E-state index in [4.69, 9.17) is 5.11 Å². The molecule has 0 radical (unpaired) electrons. The van der Waals surface area contributed by atoms with E-state index in [0.29, 0.717) is 46.7 Å². The summed E-state index contributed by atoms with van der Waals surface area (Å²) in [5.74, 6) is -1.81. The van der Waals surface area contributed by atoms with Crippen molar-refractivity contribution in [3.63, 3.8) is 0 Å². The van der Waals surface area contributed by atoms with Crippen LogP contribution >= 0.6 is 0 Å². The molecule has 0 unspecified atom stereocenters. The highest BCUT2D eigenvalue weighted by Crippen LogP contribution is 2.38. The first-order valence-electron chi connectivity index (χ1n) is 13.1. The molecule has 8 nitrogen and oxygen atoms in total. The highest BCUT2D eigenvalue weighted by atomic mass is 32.2. The van der Waals surface area contributed by atoms with E-state index in [2.05, 4.69) is 10.6 Å². The number of anilines is 2. The molecule has 0 bridgehead atoms. The van der Waals surface area contributed by atoms with E-state index in [9.17, 15) is 22.4 Å². The van der Waals surface area contributed by atoms with Crippen LogP contribution < -0.4 is 10.6 Å². The summed E-state index contributed by atoms with van der Waals surface area (Å²) >= 11 is 0. The molecule has 210 valence electrons. The van der Waals surface area contributed by atoms with Crippen molar-refractivity contribution in [3.8, 4) is 0 Å². The minimum absolute atomic E-state index is 0.00735. The summed E-state index contributed by atoms with van der Waals surface area (Å²) in [6.07, 6.45) is 0.259. The zero-order valence-corrected chi connectivity index (χ0v) is 23.2. The number of amides is 1. The quantitative estimate of drug-likeness (QED) is 0.268. The fraction of sp³-hybridized carbons (Fsp3) is 0.267. The zero-order chi connectivity index (χ0) is 28.9. The molecule has 0 atom stereocenters. The summed E-state index contributed by atoms with van der Waals surface area (Å²) in [5.41, 5.74) is 3.52. The Labute approximate surface area is 233 Å². The Bertz CT molecular complexity index is 1550. The van der Waals surface area contributed by atoms with Gasteiger partial charge < -0.3 is 20.6 Å². The van der Waals surface area contributed by atoms with E-state index in [-0.39, 0.29) is 17.1 Å². The highest BCUT2D eigenvalue weighted by molar-refractivity contribution is 7.91. The van der Waals surface area contributed by atoms with Gasteiger partial charge >= 0.3 is 5.97 Å². The number of aliphatic carboxylic acids is 1. The van der Waals surface area contributed by atoms with Crippen LogP contribution in [0, 0.1) is 5.82 Å². The summed E-state index contributed by atoms with van der Waals surface area (Å²) in [6, 6.07) is 17.6. The maximum Gasteiger partial charge on any atom is 0.303 e. The van der Waals surface area contributed by atoms with Gasteiger partial charge in [-0.15, -0.1) is 0 Å². The first-order valence-corrected chi connectivity index (χ1v) is 14.8. The number of hydrogen-bond acceptors (Lipinski definition) is 6. The lowest BCUT2D eigenvalue weighted by molar-refractivity contribution is -0.137. The molecule has 0 fully saturated rings. The van der Waals surface area contributed by atoms with E-state index >= 15 is 0 Å². The summed E-state index contributed by atoms with van der Waals surface area (Å²) in [5, 5.41) is 15.1. The minimum atomic E-state index is -3.49.